The molecule has 6 heteroatoms. The van der Waals surface area contributed by atoms with E-state index in [1.807, 2.05) is 0 Å². The molecule has 0 unspecified atom stereocenters. The molecule has 5 nitrogen and oxygen atoms in total. The van der Waals surface area contributed by atoms with E-state index >= 15 is 0 Å². The Bertz CT molecular complexity index is 477. The predicted octanol–water partition coefficient (Wildman–Crippen LogP) is 2.96. The van der Waals surface area contributed by atoms with Crippen LogP contribution in [0.3, 0.4) is 0 Å². The van der Waals surface area contributed by atoms with E-state index < -0.39 is 5.97 Å². The third-order valence-electron chi connectivity index (χ3n) is 2.78. The van der Waals surface area contributed by atoms with Crippen LogP contribution in [0.25, 0.3) is 0 Å². The largest absolute Gasteiger partial charge is 0.478 e. The lowest BCUT2D eigenvalue weighted by Crippen LogP contribution is -2.29. The van der Waals surface area contributed by atoms with Crippen molar-refractivity contribution in [2.75, 3.05) is 23.9 Å². The van der Waals surface area contributed by atoms with Crippen LogP contribution < -0.4 is 10.6 Å². The van der Waals surface area contributed by atoms with Gasteiger partial charge in [-0.1, -0.05) is 0 Å². The highest BCUT2D eigenvalue weighted by atomic mass is 32.2. The van der Waals surface area contributed by atoms with Crippen molar-refractivity contribution in [3.63, 3.8) is 0 Å². The second-order valence-electron chi connectivity index (χ2n) is 4.42. The Morgan fingerprint density at radius 1 is 1.30 bits per heavy atom. The molecule has 0 saturated carbocycles. The highest BCUT2D eigenvalue weighted by molar-refractivity contribution is 7.98. The van der Waals surface area contributed by atoms with E-state index in [9.17, 15) is 9.59 Å². The van der Waals surface area contributed by atoms with Crippen LogP contribution in [-0.2, 0) is 0 Å². The quantitative estimate of drug-likeness (QED) is 0.676. The maximum absolute atomic E-state index is 11.6. The first-order valence-corrected chi connectivity index (χ1v) is 7.81. The molecule has 0 bridgehead atoms. The topological polar surface area (TPSA) is 78.4 Å². The molecule has 3 N–H and O–H groups in total. The molecule has 2 amide bonds. The maximum atomic E-state index is 11.6. The van der Waals surface area contributed by atoms with Gasteiger partial charge in [0.1, 0.15) is 0 Å². The zero-order chi connectivity index (χ0) is 15.0. The molecule has 0 aliphatic carbocycles. The fourth-order valence-corrected chi connectivity index (χ4v) is 2.22. The zero-order valence-electron chi connectivity index (χ0n) is 11.7. The van der Waals surface area contributed by atoms with E-state index in [4.69, 9.17) is 5.11 Å². The van der Waals surface area contributed by atoms with Crippen LogP contribution >= 0.6 is 11.8 Å². The molecule has 0 atom stereocenters. The Hall–Kier alpha value is -1.69. The van der Waals surface area contributed by atoms with Gasteiger partial charge in [0.05, 0.1) is 5.56 Å². The molecule has 0 fully saturated rings. The summed E-state index contributed by atoms with van der Waals surface area (Å²) in [6, 6.07) is 4.46. The van der Waals surface area contributed by atoms with Gasteiger partial charge in [0.2, 0.25) is 0 Å². The number of benzene rings is 1. The monoisotopic (exact) mass is 296 g/mol. The van der Waals surface area contributed by atoms with Crippen LogP contribution in [0.5, 0.6) is 0 Å². The van der Waals surface area contributed by atoms with E-state index in [-0.39, 0.29) is 11.6 Å². The Labute approximate surface area is 123 Å². The number of anilines is 1. The van der Waals surface area contributed by atoms with Gasteiger partial charge in [-0.3, -0.25) is 0 Å². The zero-order valence-corrected chi connectivity index (χ0v) is 12.5. The summed E-state index contributed by atoms with van der Waals surface area (Å²) in [7, 11) is 0. The lowest BCUT2D eigenvalue weighted by molar-refractivity contribution is 0.0696. The van der Waals surface area contributed by atoms with Crippen LogP contribution in [0.1, 0.15) is 28.8 Å². The normalized spacial score (nSPS) is 10.1. The number of nitrogens with one attached hydrogen (secondary N) is 2. The average molecular weight is 296 g/mol. The number of rotatable bonds is 7. The van der Waals surface area contributed by atoms with Gasteiger partial charge < -0.3 is 15.7 Å². The number of hydrogen-bond acceptors (Lipinski definition) is 3. The maximum Gasteiger partial charge on any atom is 0.335 e. The molecule has 1 aromatic rings. The first-order valence-electron chi connectivity index (χ1n) is 6.42. The smallest absolute Gasteiger partial charge is 0.335 e. The van der Waals surface area contributed by atoms with Crippen molar-refractivity contribution < 1.29 is 14.7 Å². The van der Waals surface area contributed by atoms with E-state index in [1.165, 1.54) is 6.07 Å². The molecular formula is C14H20N2O3S. The van der Waals surface area contributed by atoms with Gasteiger partial charge in [-0.2, -0.15) is 11.8 Å². The number of hydrogen-bond donors (Lipinski definition) is 3. The van der Waals surface area contributed by atoms with Crippen molar-refractivity contribution in [2.24, 2.45) is 0 Å². The first kappa shape index (κ1) is 16.4. The van der Waals surface area contributed by atoms with Gasteiger partial charge >= 0.3 is 12.0 Å². The third-order valence-corrected chi connectivity index (χ3v) is 3.47. The SMILES string of the molecule is CSCCCCNC(=O)Nc1ccc(C(=O)O)c(C)c1. The Balaban J connectivity index is 2.42. The number of amides is 2. The Kier molecular flexibility index (Phi) is 6.93. The Morgan fingerprint density at radius 2 is 2.05 bits per heavy atom. The molecule has 0 saturated heterocycles. The Morgan fingerprint density at radius 3 is 2.65 bits per heavy atom. The summed E-state index contributed by atoms with van der Waals surface area (Å²) in [6.07, 6.45) is 4.09. The molecule has 1 aromatic carbocycles. The van der Waals surface area contributed by atoms with Crippen molar-refractivity contribution in [1.29, 1.82) is 0 Å². The minimum absolute atomic E-state index is 0.244. The third kappa shape index (κ3) is 5.52. The molecular weight excluding hydrogens is 276 g/mol. The standard InChI is InChI=1S/C14H20N2O3S/c1-10-9-11(5-6-12(10)13(17)18)16-14(19)15-7-3-4-8-20-2/h5-6,9H,3-4,7-8H2,1-2H3,(H,17,18)(H2,15,16,19). The number of carbonyl (C=O) groups excluding carboxylic acids is 1. The molecule has 0 radical (unpaired) electrons. The first-order chi connectivity index (χ1) is 9.54. The van der Waals surface area contributed by atoms with Crippen LogP contribution in [0, 0.1) is 6.92 Å². The molecule has 110 valence electrons. The average Bonchev–Trinajstić information content (AvgIpc) is 2.38. The van der Waals surface area contributed by atoms with Crippen molar-refractivity contribution in [2.45, 2.75) is 19.8 Å². The van der Waals surface area contributed by atoms with Crippen LogP contribution in [0.15, 0.2) is 18.2 Å². The fourth-order valence-electron chi connectivity index (χ4n) is 1.73. The summed E-state index contributed by atoms with van der Waals surface area (Å²) in [5, 5.41) is 14.4. The highest BCUT2D eigenvalue weighted by Crippen LogP contribution is 2.15. The van der Waals surface area contributed by atoms with Crippen LogP contribution in [0.2, 0.25) is 0 Å². The van der Waals surface area contributed by atoms with E-state index in [2.05, 4.69) is 16.9 Å². The lowest BCUT2D eigenvalue weighted by atomic mass is 10.1. The van der Waals surface area contributed by atoms with Gasteiger partial charge in [-0.15, -0.1) is 0 Å². The van der Waals surface area contributed by atoms with Crippen molar-refractivity contribution in [3.8, 4) is 0 Å². The van der Waals surface area contributed by atoms with E-state index in [0.717, 1.165) is 18.6 Å². The number of unbranched alkanes of at least 4 members (excludes halogenated alkanes) is 1. The summed E-state index contributed by atoms with van der Waals surface area (Å²) in [5.74, 6) is 0.131. The van der Waals surface area contributed by atoms with Crippen molar-refractivity contribution >= 4 is 29.4 Å². The number of carboxylic acids is 1. The molecule has 20 heavy (non-hydrogen) atoms. The fraction of sp³-hybridized carbons (Fsp3) is 0.429. The number of carboxylic acid groups (broad SMARTS) is 1. The molecule has 0 aliphatic rings. The van der Waals surface area contributed by atoms with Gasteiger partial charge in [0.15, 0.2) is 0 Å². The van der Waals surface area contributed by atoms with Crippen LogP contribution in [-0.4, -0.2) is 35.7 Å². The summed E-state index contributed by atoms with van der Waals surface area (Å²) >= 11 is 1.79. The number of thioether (sulfide) groups is 1. The number of aryl methyl sites for hydroxylation is 1. The van der Waals surface area contributed by atoms with Gasteiger partial charge in [-0.25, -0.2) is 9.59 Å². The van der Waals surface area contributed by atoms with Gasteiger partial charge in [-0.05, 0) is 55.5 Å². The minimum Gasteiger partial charge on any atom is -0.478 e. The molecule has 0 spiro atoms. The number of carbonyl (C=O) groups is 2. The minimum atomic E-state index is -0.965. The van der Waals surface area contributed by atoms with Crippen molar-refractivity contribution in [3.05, 3.63) is 29.3 Å². The van der Waals surface area contributed by atoms with Gasteiger partial charge in [0.25, 0.3) is 0 Å². The van der Waals surface area contributed by atoms with Gasteiger partial charge in [0, 0.05) is 12.2 Å². The molecule has 0 aromatic heterocycles. The summed E-state index contributed by atoms with van der Waals surface area (Å²) < 4.78 is 0. The molecule has 1 rings (SSSR count). The lowest BCUT2D eigenvalue weighted by Gasteiger charge is -2.09. The van der Waals surface area contributed by atoms with Crippen molar-refractivity contribution in [1.82, 2.24) is 5.32 Å². The van der Waals surface area contributed by atoms with Crippen LogP contribution in [0.4, 0.5) is 10.5 Å². The summed E-state index contributed by atoms with van der Waals surface area (Å²) in [5.41, 5.74) is 1.46. The summed E-state index contributed by atoms with van der Waals surface area (Å²) in [6.45, 7) is 2.34. The van der Waals surface area contributed by atoms with E-state index in [0.29, 0.717) is 17.8 Å². The van der Waals surface area contributed by atoms with E-state index in [1.54, 1.807) is 30.8 Å². The second kappa shape index (κ2) is 8.47. The highest BCUT2D eigenvalue weighted by Gasteiger charge is 2.08. The number of urea groups is 1. The predicted molar refractivity (Wildman–Crippen MR) is 82.8 cm³/mol. The summed E-state index contributed by atoms with van der Waals surface area (Å²) in [4.78, 5) is 22.5. The molecule has 0 heterocycles. The molecule has 0 aliphatic heterocycles. The number of aromatic carboxylic acids is 1. The second-order valence-corrected chi connectivity index (χ2v) is 5.40.